The van der Waals surface area contributed by atoms with Crippen molar-refractivity contribution < 1.29 is 9.90 Å². The normalized spacial score (nSPS) is 18.1. The Morgan fingerprint density at radius 1 is 1.33 bits per heavy atom. The molecule has 0 radical (unpaired) electrons. The first-order valence-corrected chi connectivity index (χ1v) is 6.67. The number of carbonyl (C=O) groups is 1. The zero-order chi connectivity index (χ0) is 13.0. The Kier molecular flexibility index (Phi) is 4.37. The molecule has 1 aliphatic rings. The summed E-state index contributed by atoms with van der Waals surface area (Å²) in [7, 11) is 1.96. The highest BCUT2D eigenvalue weighted by Gasteiger charge is 2.30. The van der Waals surface area contributed by atoms with Crippen molar-refractivity contribution in [1.82, 2.24) is 4.90 Å². The lowest BCUT2D eigenvalue weighted by Gasteiger charge is -2.30. The average Bonchev–Trinajstić information content (AvgIpc) is 2.90. The number of hydrogen-bond donors (Lipinski definition) is 1. The quantitative estimate of drug-likeness (QED) is 0.869. The molecule has 1 atom stereocenters. The zero-order valence-corrected chi connectivity index (χ0v) is 10.9. The molecule has 1 N–H and O–H groups in total. The van der Waals surface area contributed by atoms with Gasteiger partial charge < -0.3 is 5.11 Å². The largest absolute Gasteiger partial charge is 0.480 e. The Morgan fingerprint density at radius 2 is 1.94 bits per heavy atom. The van der Waals surface area contributed by atoms with E-state index in [9.17, 15) is 9.90 Å². The first kappa shape index (κ1) is 13.1. The fourth-order valence-electron chi connectivity index (χ4n) is 2.81. The SMILES string of the molecule is CN(C1CCCC1)C(Cc1ccccc1)C(=O)O. The highest BCUT2D eigenvalue weighted by Crippen LogP contribution is 2.25. The minimum Gasteiger partial charge on any atom is -0.480 e. The second-order valence-corrected chi connectivity index (χ2v) is 5.15. The molecule has 1 unspecified atom stereocenters. The second kappa shape index (κ2) is 6.01. The molecule has 2 rings (SSSR count). The van der Waals surface area contributed by atoms with Crippen LogP contribution in [-0.2, 0) is 11.2 Å². The minimum absolute atomic E-state index is 0.407. The van der Waals surface area contributed by atoms with E-state index < -0.39 is 12.0 Å². The van der Waals surface area contributed by atoms with Gasteiger partial charge in [-0.25, -0.2) is 0 Å². The molecule has 1 aromatic rings. The maximum absolute atomic E-state index is 11.5. The van der Waals surface area contributed by atoms with Gasteiger partial charge in [0, 0.05) is 6.04 Å². The third-order valence-electron chi connectivity index (χ3n) is 3.95. The van der Waals surface area contributed by atoms with Crippen molar-refractivity contribution in [2.24, 2.45) is 0 Å². The maximum atomic E-state index is 11.5. The van der Waals surface area contributed by atoms with Crippen molar-refractivity contribution in [2.45, 2.75) is 44.2 Å². The molecule has 98 valence electrons. The van der Waals surface area contributed by atoms with Gasteiger partial charge >= 0.3 is 5.97 Å². The van der Waals surface area contributed by atoms with Gasteiger partial charge in [0.25, 0.3) is 0 Å². The van der Waals surface area contributed by atoms with E-state index in [0.29, 0.717) is 12.5 Å². The van der Waals surface area contributed by atoms with E-state index in [0.717, 1.165) is 18.4 Å². The Morgan fingerprint density at radius 3 is 2.50 bits per heavy atom. The highest BCUT2D eigenvalue weighted by molar-refractivity contribution is 5.74. The van der Waals surface area contributed by atoms with Gasteiger partial charge in [-0.15, -0.1) is 0 Å². The van der Waals surface area contributed by atoms with Crippen LogP contribution in [0.25, 0.3) is 0 Å². The van der Waals surface area contributed by atoms with Crippen LogP contribution < -0.4 is 0 Å². The molecule has 18 heavy (non-hydrogen) atoms. The molecule has 0 amide bonds. The van der Waals surface area contributed by atoms with E-state index in [1.807, 2.05) is 37.4 Å². The molecule has 1 fully saturated rings. The van der Waals surface area contributed by atoms with Gasteiger partial charge in [-0.1, -0.05) is 43.2 Å². The summed E-state index contributed by atoms with van der Waals surface area (Å²) in [5.41, 5.74) is 1.09. The predicted octanol–water partition coefficient (Wildman–Crippen LogP) is 2.56. The number of rotatable bonds is 5. The van der Waals surface area contributed by atoms with Crippen LogP contribution in [0.1, 0.15) is 31.2 Å². The number of aliphatic carboxylic acids is 1. The van der Waals surface area contributed by atoms with Gasteiger partial charge in [0.1, 0.15) is 6.04 Å². The van der Waals surface area contributed by atoms with Crippen LogP contribution in [-0.4, -0.2) is 35.1 Å². The first-order valence-electron chi connectivity index (χ1n) is 6.67. The van der Waals surface area contributed by atoms with E-state index in [2.05, 4.69) is 4.90 Å². The number of carboxylic acid groups (broad SMARTS) is 1. The van der Waals surface area contributed by atoms with E-state index in [4.69, 9.17) is 0 Å². The Balaban J connectivity index is 2.05. The van der Waals surface area contributed by atoms with Crippen molar-refractivity contribution in [3.63, 3.8) is 0 Å². The van der Waals surface area contributed by atoms with E-state index in [-0.39, 0.29) is 0 Å². The van der Waals surface area contributed by atoms with Crippen molar-refractivity contribution in [1.29, 1.82) is 0 Å². The summed E-state index contributed by atoms with van der Waals surface area (Å²) in [5, 5.41) is 9.42. The Hall–Kier alpha value is -1.35. The molecule has 3 heteroatoms. The smallest absolute Gasteiger partial charge is 0.321 e. The lowest BCUT2D eigenvalue weighted by Crippen LogP contribution is -2.45. The van der Waals surface area contributed by atoms with Crippen molar-refractivity contribution in [2.75, 3.05) is 7.05 Å². The average molecular weight is 247 g/mol. The van der Waals surface area contributed by atoms with Gasteiger partial charge in [0.15, 0.2) is 0 Å². The highest BCUT2D eigenvalue weighted by atomic mass is 16.4. The standard InChI is InChI=1S/C15H21NO2/c1-16(13-9-5-6-10-13)14(15(17)18)11-12-7-3-2-4-8-12/h2-4,7-8,13-14H,5-6,9-11H2,1H3,(H,17,18). The number of carboxylic acids is 1. The third-order valence-corrected chi connectivity index (χ3v) is 3.95. The van der Waals surface area contributed by atoms with Gasteiger partial charge in [-0.2, -0.15) is 0 Å². The van der Waals surface area contributed by atoms with Gasteiger partial charge in [0.05, 0.1) is 0 Å². The molecule has 0 heterocycles. The molecule has 1 aliphatic carbocycles. The van der Waals surface area contributed by atoms with Crippen LogP contribution >= 0.6 is 0 Å². The zero-order valence-electron chi connectivity index (χ0n) is 10.9. The van der Waals surface area contributed by atoms with Crippen LogP contribution in [0.4, 0.5) is 0 Å². The summed E-state index contributed by atoms with van der Waals surface area (Å²) >= 11 is 0. The number of hydrogen-bond acceptors (Lipinski definition) is 2. The molecule has 0 bridgehead atoms. The maximum Gasteiger partial charge on any atom is 0.321 e. The number of likely N-dealkylation sites (N-methyl/N-ethyl adjacent to an activating group) is 1. The summed E-state index contributed by atoms with van der Waals surface area (Å²) in [6, 6.07) is 9.91. The molecular formula is C15H21NO2. The number of benzene rings is 1. The predicted molar refractivity (Wildman–Crippen MR) is 71.6 cm³/mol. The molecule has 1 saturated carbocycles. The van der Waals surface area contributed by atoms with Crippen LogP contribution in [0.5, 0.6) is 0 Å². The summed E-state index contributed by atoms with van der Waals surface area (Å²) < 4.78 is 0. The topological polar surface area (TPSA) is 40.5 Å². The van der Waals surface area contributed by atoms with Crippen LogP contribution in [0, 0.1) is 0 Å². The van der Waals surface area contributed by atoms with E-state index >= 15 is 0 Å². The molecular weight excluding hydrogens is 226 g/mol. The Labute approximate surface area is 108 Å². The van der Waals surface area contributed by atoms with Crippen molar-refractivity contribution >= 4 is 5.97 Å². The second-order valence-electron chi connectivity index (χ2n) is 5.15. The van der Waals surface area contributed by atoms with E-state index in [1.165, 1.54) is 12.8 Å². The molecule has 0 aromatic heterocycles. The van der Waals surface area contributed by atoms with Crippen molar-refractivity contribution in [3.8, 4) is 0 Å². The monoisotopic (exact) mass is 247 g/mol. The van der Waals surface area contributed by atoms with Gasteiger partial charge in [-0.05, 0) is 31.9 Å². The summed E-state index contributed by atoms with van der Waals surface area (Å²) in [6.45, 7) is 0. The summed E-state index contributed by atoms with van der Waals surface area (Å²) in [5.74, 6) is -0.715. The van der Waals surface area contributed by atoms with Gasteiger partial charge in [-0.3, -0.25) is 9.69 Å². The lowest BCUT2D eigenvalue weighted by atomic mass is 10.0. The number of nitrogens with zero attached hydrogens (tertiary/aromatic N) is 1. The molecule has 3 nitrogen and oxygen atoms in total. The minimum atomic E-state index is -0.715. The molecule has 0 aliphatic heterocycles. The van der Waals surface area contributed by atoms with Gasteiger partial charge in [0.2, 0.25) is 0 Å². The lowest BCUT2D eigenvalue weighted by molar-refractivity contribution is -0.143. The first-order chi connectivity index (χ1) is 8.68. The third kappa shape index (κ3) is 3.10. The van der Waals surface area contributed by atoms with Crippen LogP contribution in [0.3, 0.4) is 0 Å². The molecule has 0 spiro atoms. The summed E-state index contributed by atoms with van der Waals surface area (Å²) in [4.78, 5) is 13.5. The fourth-order valence-corrected chi connectivity index (χ4v) is 2.81. The molecule has 1 aromatic carbocycles. The van der Waals surface area contributed by atoms with Crippen molar-refractivity contribution in [3.05, 3.63) is 35.9 Å². The van der Waals surface area contributed by atoms with E-state index in [1.54, 1.807) is 0 Å². The fraction of sp³-hybridized carbons (Fsp3) is 0.533. The summed E-state index contributed by atoms with van der Waals surface area (Å²) in [6.07, 6.45) is 5.31. The molecule has 0 saturated heterocycles. The Bertz CT molecular complexity index is 385. The van der Waals surface area contributed by atoms with Crippen LogP contribution in [0.2, 0.25) is 0 Å². The van der Waals surface area contributed by atoms with Crippen LogP contribution in [0.15, 0.2) is 30.3 Å².